The summed E-state index contributed by atoms with van der Waals surface area (Å²) >= 11 is 0. The molecule has 1 N–H and O–H groups in total. The molecule has 0 atom stereocenters. The molecule has 0 heterocycles. The van der Waals surface area contributed by atoms with Gasteiger partial charge in [0.25, 0.3) is 11.6 Å². The molecule has 0 saturated carbocycles. The first-order chi connectivity index (χ1) is 11.4. The number of nitrogens with zero attached hydrogens (tertiary/aromatic N) is 2. The molecule has 0 spiro atoms. The van der Waals surface area contributed by atoms with Crippen molar-refractivity contribution in [3.05, 3.63) is 64.2 Å². The predicted molar refractivity (Wildman–Crippen MR) is 95.6 cm³/mol. The lowest BCUT2D eigenvalue weighted by molar-refractivity contribution is -0.385. The highest BCUT2D eigenvalue weighted by Gasteiger charge is 2.19. The van der Waals surface area contributed by atoms with Gasteiger partial charge in [0.2, 0.25) is 0 Å². The summed E-state index contributed by atoms with van der Waals surface area (Å²) in [7, 11) is 0. The molecule has 1 amide bonds. The molecule has 0 aliphatic rings. The fraction of sp³-hybridized carbons (Fsp3) is 0.278. The summed E-state index contributed by atoms with van der Waals surface area (Å²) in [6.07, 6.45) is 0. The molecule has 0 aliphatic heterocycles. The van der Waals surface area contributed by atoms with Gasteiger partial charge in [-0.15, -0.1) is 0 Å². The fourth-order valence-corrected chi connectivity index (χ4v) is 2.61. The molecule has 2 aromatic carbocycles. The van der Waals surface area contributed by atoms with Crippen LogP contribution in [0.1, 0.15) is 31.1 Å². The van der Waals surface area contributed by atoms with Crippen molar-refractivity contribution in [2.24, 2.45) is 0 Å². The van der Waals surface area contributed by atoms with E-state index < -0.39 is 10.8 Å². The highest BCUT2D eigenvalue weighted by atomic mass is 16.6. The van der Waals surface area contributed by atoms with E-state index in [-0.39, 0.29) is 11.3 Å². The molecule has 0 unspecified atom stereocenters. The van der Waals surface area contributed by atoms with Crippen molar-refractivity contribution in [3.63, 3.8) is 0 Å². The number of anilines is 2. The van der Waals surface area contributed by atoms with Gasteiger partial charge in [-0.3, -0.25) is 14.9 Å². The van der Waals surface area contributed by atoms with E-state index in [0.29, 0.717) is 11.7 Å². The Kier molecular flexibility index (Phi) is 5.52. The Labute approximate surface area is 141 Å². The van der Waals surface area contributed by atoms with E-state index in [9.17, 15) is 14.9 Å². The lowest BCUT2D eigenvalue weighted by Gasteiger charge is -2.27. The van der Waals surface area contributed by atoms with Crippen LogP contribution in [-0.4, -0.2) is 23.4 Å². The topological polar surface area (TPSA) is 75.5 Å². The van der Waals surface area contributed by atoms with E-state index in [2.05, 4.69) is 31.0 Å². The summed E-state index contributed by atoms with van der Waals surface area (Å²) in [5.74, 6) is -0.494. The SMILES string of the molecule is CCN(c1ccc(NC(=O)c2ccccc2[N+](=O)[O-])cc1)C(C)C. The van der Waals surface area contributed by atoms with Crippen LogP contribution in [0.4, 0.5) is 17.1 Å². The summed E-state index contributed by atoms with van der Waals surface area (Å²) < 4.78 is 0. The van der Waals surface area contributed by atoms with Crippen LogP contribution < -0.4 is 10.2 Å². The molecule has 126 valence electrons. The number of rotatable bonds is 6. The van der Waals surface area contributed by atoms with Gasteiger partial charge < -0.3 is 10.2 Å². The molecule has 0 aromatic heterocycles. The second-order valence-electron chi connectivity index (χ2n) is 5.66. The quantitative estimate of drug-likeness (QED) is 0.640. The highest BCUT2D eigenvalue weighted by molar-refractivity contribution is 6.07. The Morgan fingerprint density at radius 2 is 1.79 bits per heavy atom. The van der Waals surface area contributed by atoms with Crippen molar-refractivity contribution < 1.29 is 9.72 Å². The summed E-state index contributed by atoms with van der Waals surface area (Å²) in [4.78, 5) is 25.0. The van der Waals surface area contributed by atoms with E-state index >= 15 is 0 Å². The van der Waals surface area contributed by atoms with Gasteiger partial charge in [-0.05, 0) is 51.1 Å². The number of hydrogen-bond acceptors (Lipinski definition) is 4. The Morgan fingerprint density at radius 3 is 2.33 bits per heavy atom. The summed E-state index contributed by atoms with van der Waals surface area (Å²) in [6, 6.07) is 13.7. The minimum atomic E-state index is -0.556. The standard InChI is InChI=1S/C18H21N3O3/c1-4-20(13(2)3)15-11-9-14(10-12-15)19-18(22)16-7-5-6-8-17(16)21(23)24/h5-13H,4H2,1-3H3,(H,19,22). The van der Waals surface area contributed by atoms with E-state index in [1.165, 1.54) is 18.2 Å². The monoisotopic (exact) mass is 327 g/mol. The molecule has 24 heavy (non-hydrogen) atoms. The molecule has 6 heteroatoms. The first-order valence-electron chi connectivity index (χ1n) is 7.85. The third-order valence-corrected chi connectivity index (χ3v) is 3.77. The zero-order valence-corrected chi connectivity index (χ0v) is 14.0. The molecule has 0 fully saturated rings. The van der Waals surface area contributed by atoms with E-state index in [1.54, 1.807) is 18.2 Å². The maximum Gasteiger partial charge on any atom is 0.282 e. The first kappa shape index (κ1) is 17.5. The average Bonchev–Trinajstić information content (AvgIpc) is 2.56. The van der Waals surface area contributed by atoms with Crippen LogP contribution in [-0.2, 0) is 0 Å². The van der Waals surface area contributed by atoms with E-state index in [4.69, 9.17) is 0 Å². The Bertz CT molecular complexity index is 727. The van der Waals surface area contributed by atoms with Crippen molar-refractivity contribution in [1.82, 2.24) is 0 Å². The van der Waals surface area contributed by atoms with Gasteiger partial charge in [0.05, 0.1) is 4.92 Å². The molecule has 2 rings (SSSR count). The zero-order chi connectivity index (χ0) is 17.7. The molecular weight excluding hydrogens is 306 g/mol. The Hall–Kier alpha value is -2.89. The molecular formula is C18H21N3O3. The maximum absolute atomic E-state index is 12.3. The van der Waals surface area contributed by atoms with Crippen LogP contribution >= 0.6 is 0 Å². The molecule has 0 aliphatic carbocycles. The third-order valence-electron chi connectivity index (χ3n) is 3.77. The van der Waals surface area contributed by atoms with Gasteiger partial charge in [-0.1, -0.05) is 12.1 Å². The Morgan fingerprint density at radius 1 is 1.17 bits per heavy atom. The number of amides is 1. The van der Waals surface area contributed by atoms with Gasteiger partial charge in [-0.2, -0.15) is 0 Å². The molecule has 6 nitrogen and oxygen atoms in total. The lowest BCUT2D eigenvalue weighted by atomic mass is 10.1. The van der Waals surface area contributed by atoms with Crippen LogP contribution in [0.5, 0.6) is 0 Å². The summed E-state index contributed by atoms with van der Waals surface area (Å²) in [5.41, 5.74) is 1.51. The fourth-order valence-electron chi connectivity index (χ4n) is 2.61. The molecule has 2 aromatic rings. The molecule has 0 saturated heterocycles. The summed E-state index contributed by atoms with van der Waals surface area (Å²) in [5, 5.41) is 13.7. The number of benzene rings is 2. The third kappa shape index (κ3) is 3.90. The average molecular weight is 327 g/mol. The van der Waals surface area contributed by atoms with Gasteiger partial charge in [-0.25, -0.2) is 0 Å². The van der Waals surface area contributed by atoms with Gasteiger partial charge in [0.1, 0.15) is 5.56 Å². The highest BCUT2D eigenvalue weighted by Crippen LogP contribution is 2.22. The number of nitrogens with one attached hydrogen (secondary N) is 1. The van der Waals surface area contributed by atoms with Crippen molar-refractivity contribution in [2.45, 2.75) is 26.8 Å². The van der Waals surface area contributed by atoms with Crippen LogP contribution in [0.15, 0.2) is 48.5 Å². The number of carbonyl (C=O) groups excluding carboxylic acids is 1. The number of hydrogen-bond donors (Lipinski definition) is 1. The minimum absolute atomic E-state index is 0.0453. The minimum Gasteiger partial charge on any atom is -0.369 e. The number of carbonyl (C=O) groups is 1. The predicted octanol–water partition coefficient (Wildman–Crippen LogP) is 4.08. The van der Waals surface area contributed by atoms with Crippen LogP contribution in [0.3, 0.4) is 0 Å². The van der Waals surface area contributed by atoms with Crippen molar-refractivity contribution in [2.75, 3.05) is 16.8 Å². The maximum atomic E-state index is 12.3. The normalized spacial score (nSPS) is 10.5. The zero-order valence-electron chi connectivity index (χ0n) is 14.0. The van der Waals surface area contributed by atoms with Crippen molar-refractivity contribution >= 4 is 23.0 Å². The first-order valence-corrected chi connectivity index (χ1v) is 7.85. The van der Waals surface area contributed by atoms with Crippen LogP contribution in [0.2, 0.25) is 0 Å². The smallest absolute Gasteiger partial charge is 0.282 e. The van der Waals surface area contributed by atoms with E-state index in [0.717, 1.165) is 12.2 Å². The van der Waals surface area contributed by atoms with Gasteiger partial charge >= 0.3 is 0 Å². The van der Waals surface area contributed by atoms with Gasteiger partial charge in [0.15, 0.2) is 0 Å². The number of para-hydroxylation sites is 1. The second-order valence-corrected chi connectivity index (χ2v) is 5.66. The van der Waals surface area contributed by atoms with Crippen LogP contribution in [0.25, 0.3) is 0 Å². The van der Waals surface area contributed by atoms with Crippen molar-refractivity contribution in [1.29, 1.82) is 0 Å². The summed E-state index contributed by atoms with van der Waals surface area (Å²) in [6.45, 7) is 7.21. The second kappa shape index (κ2) is 7.59. The number of nitro groups is 1. The molecule has 0 radical (unpaired) electrons. The molecule has 0 bridgehead atoms. The van der Waals surface area contributed by atoms with E-state index in [1.807, 2.05) is 12.1 Å². The van der Waals surface area contributed by atoms with Crippen LogP contribution in [0, 0.1) is 10.1 Å². The number of nitro benzene ring substituents is 1. The largest absolute Gasteiger partial charge is 0.369 e. The van der Waals surface area contributed by atoms with Gasteiger partial charge in [0, 0.05) is 30.0 Å². The Balaban J connectivity index is 2.17. The lowest BCUT2D eigenvalue weighted by Crippen LogP contribution is -2.30. The van der Waals surface area contributed by atoms with Crippen molar-refractivity contribution in [3.8, 4) is 0 Å².